The molecule has 5 rings (SSSR count). The molecule has 5 aromatic rings. The van der Waals surface area contributed by atoms with Crippen LogP contribution in [0.2, 0.25) is 0 Å². The fraction of sp³-hybridized carbons (Fsp3) is 0.115. The molecule has 3 aromatic heterocycles. The second kappa shape index (κ2) is 10.2. The van der Waals surface area contributed by atoms with Crippen molar-refractivity contribution in [3.8, 4) is 16.9 Å². The number of nitrogens with zero attached hydrogens (tertiary/aromatic N) is 6. The van der Waals surface area contributed by atoms with E-state index in [2.05, 4.69) is 20.1 Å². The van der Waals surface area contributed by atoms with E-state index in [1.165, 1.54) is 24.5 Å². The van der Waals surface area contributed by atoms with Crippen LogP contribution in [0.3, 0.4) is 0 Å². The molecule has 10 heteroatoms. The Hall–Kier alpha value is -4.86. The maximum Gasteiger partial charge on any atom is 0.330 e. The number of esters is 1. The molecule has 0 fully saturated rings. The van der Waals surface area contributed by atoms with Gasteiger partial charge in [-0.15, -0.1) is 0 Å². The number of ether oxygens (including phenoxy) is 1. The molecule has 36 heavy (non-hydrogen) atoms. The third kappa shape index (κ3) is 4.97. The lowest BCUT2D eigenvalue weighted by Crippen LogP contribution is -2.06. The molecule has 2 aromatic carbocycles. The molecule has 0 atom stereocenters. The van der Waals surface area contributed by atoms with Crippen molar-refractivity contribution in [2.75, 3.05) is 12.3 Å². The van der Waals surface area contributed by atoms with Gasteiger partial charge in [0.05, 0.1) is 24.3 Å². The maximum atomic E-state index is 13.4. The van der Waals surface area contributed by atoms with Crippen LogP contribution in [0.25, 0.3) is 34.2 Å². The first-order valence-corrected chi connectivity index (χ1v) is 11.3. The van der Waals surface area contributed by atoms with E-state index < -0.39 is 5.97 Å². The van der Waals surface area contributed by atoms with E-state index in [1.807, 2.05) is 41.1 Å². The highest BCUT2D eigenvalue weighted by molar-refractivity contribution is 5.88. The summed E-state index contributed by atoms with van der Waals surface area (Å²) < 4.78 is 22.4. The average molecular weight is 484 g/mol. The summed E-state index contributed by atoms with van der Waals surface area (Å²) in [5.74, 6) is -0.484. The Morgan fingerprint density at radius 1 is 1.06 bits per heavy atom. The molecule has 0 unspecified atom stereocenters. The Balaban J connectivity index is 1.25. The summed E-state index contributed by atoms with van der Waals surface area (Å²) in [5.41, 5.74) is 9.91. The van der Waals surface area contributed by atoms with E-state index in [0.717, 1.165) is 11.3 Å². The lowest BCUT2D eigenvalue weighted by Gasteiger charge is -2.04. The van der Waals surface area contributed by atoms with Gasteiger partial charge in [-0.25, -0.2) is 28.8 Å². The molecule has 0 radical (unpaired) electrons. The predicted molar refractivity (Wildman–Crippen MR) is 133 cm³/mol. The van der Waals surface area contributed by atoms with E-state index >= 15 is 0 Å². The largest absolute Gasteiger partial charge is 0.462 e. The molecular formula is C26H22FN7O2. The highest BCUT2D eigenvalue weighted by Crippen LogP contribution is 2.25. The summed E-state index contributed by atoms with van der Waals surface area (Å²) in [4.78, 5) is 24.7. The zero-order valence-corrected chi connectivity index (χ0v) is 19.2. The number of aromatic nitrogens is 6. The molecule has 0 aliphatic rings. The molecule has 0 spiro atoms. The molecule has 0 amide bonds. The number of anilines is 1. The summed E-state index contributed by atoms with van der Waals surface area (Å²) in [7, 11) is 0. The zero-order valence-electron chi connectivity index (χ0n) is 19.2. The van der Waals surface area contributed by atoms with Crippen LogP contribution in [0.1, 0.15) is 12.0 Å². The van der Waals surface area contributed by atoms with E-state index in [-0.39, 0.29) is 12.4 Å². The molecule has 2 N–H and O–H groups in total. The van der Waals surface area contributed by atoms with Crippen LogP contribution in [0.15, 0.2) is 79.5 Å². The molecule has 0 saturated carbocycles. The third-order valence-electron chi connectivity index (χ3n) is 5.50. The predicted octanol–water partition coefficient (Wildman–Crippen LogP) is 4.05. The number of hydrogen-bond acceptors (Lipinski definition) is 7. The molecule has 0 aliphatic carbocycles. The third-order valence-corrected chi connectivity index (χ3v) is 5.50. The second-order valence-electron chi connectivity index (χ2n) is 7.94. The fourth-order valence-electron chi connectivity index (χ4n) is 3.73. The first kappa shape index (κ1) is 22.9. The van der Waals surface area contributed by atoms with Gasteiger partial charge in [-0.05, 0) is 48.9 Å². The van der Waals surface area contributed by atoms with Crippen molar-refractivity contribution in [2.24, 2.45) is 0 Å². The van der Waals surface area contributed by atoms with Crippen LogP contribution in [-0.4, -0.2) is 41.9 Å². The summed E-state index contributed by atoms with van der Waals surface area (Å²) >= 11 is 0. The summed E-state index contributed by atoms with van der Waals surface area (Å²) in [6.07, 6.45) is 8.42. The van der Waals surface area contributed by atoms with Crippen LogP contribution in [0, 0.1) is 5.82 Å². The van der Waals surface area contributed by atoms with Crippen molar-refractivity contribution in [2.45, 2.75) is 13.0 Å². The van der Waals surface area contributed by atoms with Crippen LogP contribution in [0.5, 0.6) is 0 Å². The van der Waals surface area contributed by atoms with Crippen molar-refractivity contribution in [3.63, 3.8) is 0 Å². The summed E-state index contributed by atoms with van der Waals surface area (Å²) in [5, 5.41) is 4.66. The molecule has 180 valence electrons. The number of rotatable bonds is 8. The number of para-hydroxylation sites is 1. The van der Waals surface area contributed by atoms with Gasteiger partial charge < -0.3 is 15.0 Å². The quantitative estimate of drug-likeness (QED) is 0.201. The molecular weight excluding hydrogens is 461 g/mol. The molecule has 3 heterocycles. The van der Waals surface area contributed by atoms with Crippen LogP contribution in [0.4, 0.5) is 10.2 Å². The number of hydrogen-bond donors (Lipinski definition) is 1. The molecule has 0 aliphatic heterocycles. The van der Waals surface area contributed by atoms with Gasteiger partial charge in [0.1, 0.15) is 17.7 Å². The Bertz CT molecular complexity index is 1530. The van der Waals surface area contributed by atoms with Gasteiger partial charge in [0.15, 0.2) is 11.5 Å². The minimum atomic E-state index is -0.477. The monoisotopic (exact) mass is 483 g/mol. The number of carbonyl (C=O) groups excluding carboxylic acids is 1. The van der Waals surface area contributed by atoms with Crippen molar-refractivity contribution in [1.82, 2.24) is 29.3 Å². The SMILES string of the molecule is Nc1ncnc2c1ncn2CCCOC(=O)/C=C/c1cn(-c2ccccc2)nc1-c1ccc(F)cc1. The molecule has 0 saturated heterocycles. The lowest BCUT2D eigenvalue weighted by molar-refractivity contribution is -0.137. The van der Waals surface area contributed by atoms with Crippen molar-refractivity contribution >= 4 is 29.0 Å². The Morgan fingerprint density at radius 3 is 2.67 bits per heavy atom. The van der Waals surface area contributed by atoms with Gasteiger partial charge in [-0.1, -0.05) is 18.2 Å². The smallest absolute Gasteiger partial charge is 0.330 e. The topological polar surface area (TPSA) is 114 Å². The molecule has 0 bridgehead atoms. The van der Waals surface area contributed by atoms with Crippen molar-refractivity contribution in [1.29, 1.82) is 0 Å². The van der Waals surface area contributed by atoms with Crippen molar-refractivity contribution in [3.05, 3.63) is 90.9 Å². The first-order valence-electron chi connectivity index (χ1n) is 11.3. The van der Waals surface area contributed by atoms with Gasteiger partial charge in [-0.3, -0.25) is 0 Å². The summed E-state index contributed by atoms with van der Waals surface area (Å²) in [6.45, 7) is 0.778. The normalized spacial score (nSPS) is 11.4. The van der Waals surface area contributed by atoms with Gasteiger partial charge in [0, 0.05) is 29.9 Å². The van der Waals surface area contributed by atoms with Crippen molar-refractivity contribution < 1.29 is 13.9 Å². The van der Waals surface area contributed by atoms with E-state index in [0.29, 0.717) is 41.2 Å². The molecule has 9 nitrogen and oxygen atoms in total. The fourth-order valence-corrected chi connectivity index (χ4v) is 3.73. The maximum absolute atomic E-state index is 13.4. The minimum Gasteiger partial charge on any atom is -0.462 e. The number of aryl methyl sites for hydroxylation is 1. The number of imidazole rings is 1. The van der Waals surface area contributed by atoms with E-state index in [9.17, 15) is 9.18 Å². The van der Waals surface area contributed by atoms with E-state index in [1.54, 1.807) is 29.2 Å². The Labute approximate surface area is 205 Å². The number of carbonyl (C=O) groups is 1. The number of fused-ring (bicyclic) bond motifs is 1. The zero-order chi connectivity index (χ0) is 24.9. The second-order valence-corrected chi connectivity index (χ2v) is 7.94. The summed E-state index contributed by atoms with van der Waals surface area (Å²) in [6, 6.07) is 15.7. The highest BCUT2D eigenvalue weighted by Gasteiger charge is 2.12. The number of nitrogens with two attached hydrogens (primary N) is 1. The van der Waals surface area contributed by atoms with Crippen LogP contribution >= 0.6 is 0 Å². The minimum absolute atomic E-state index is 0.220. The van der Waals surface area contributed by atoms with Gasteiger partial charge in [-0.2, -0.15) is 5.10 Å². The lowest BCUT2D eigenvalue weighted by atomic mass is 10.1. The number of benzene rings is 2. The number of halogens is 1. The Morgan fingerprint density at radius 2 is 1.86 bits per heavy atom. The van der Waals surface area contributed by atoms with Crippen LogP contribution < -0.4 is 5.73 Å². The standard InChI is InChI=1S/C26H22FN7O2/c27-20-10-7-18(8-11-20)23-19(15-34(32-23)21-5-2-1-3-6-21)9-12-22(35)36-14-4-13-33-17-31-24-25(28)29-16-30-26(24)33/h1-3,5-12,15-17H,4,13-14H2,(H2,28,29,30)/b12-9+. The van der Waals surface area contributed by atoms with Gasteiger partial charge in [0.25, 0.3) is 0 Å². The van der Waals surface area contributed by atoms with E-state index in [4.69, 9.17) is 10.5 Å². The van der Waals surface area contributed by atoms with Crippen LogP contribution in [-0.2, 0) is 16.1 Å². The average Bonchev–Trinajstić information content (AvgIpc) is 3.52. The number of nitrogen functional groups attached to an aromatic ring is 1. The van der Waals surface area contributed by atoms with Gasteiger partial charge in [0.2, 0.25) is 0 Å². The van der Waals surface area contributed by atoms with Gasteiger partial charge >= 0.3 is 5.97 Å². The highest BCUT2D eigenvalue weighted by atomic mass is 19.1. The first-order chi connectivity index (χ1) is 17.6. The Kier molecular flexibility index (Phi) is 6.48.